The smallest absolute Gasteiger partial charge is 0.321 e. The second kappa shape index (κ2) is 6.13. The summed E-state index contributed by atoms with van der Waals surface area (Å²) in [6.45, 7) is 3.95. The minimum Gasteiger partial charge on any atom is -0.481 e. The fourth-order valence-corrected chi connectivity index (χ4v) is 1.96. The van der Waals surface area contributed by atoms with Crippen molar-refractivity contribution in [2.75, 3.05) is 18.9 Å². The van der Waals surface area contributed by atoms with Crippen LogP contribution in [0.4, 0.5) is 10.5 Å². The number of hydrogen-bond donors (Lipinski definition) is 2. The highest BCUT2D eigenvalue weighted by molar-refractivity contribution is 5.89. The van der Waals surface area contributed by atoms with Crippen LogP contribution in [0.15, 0.2) is 18.2 Å². The minimum absolute atomic E-state index is 0.0973. The molecule has 1 aromatic carbocycles. The number of fused-ring (bicyclic) bond motifs is 1. The average molecular weight is 308 g/mol. The molecule has 0 saturated heterocycles. The zero-order valence-electron chi connectivity index (χ0n) is 12.9. The zero-order chi connectivity index (χ0) is 16.3. The Bertz CT molecular complexity index is 589. The second-order valence-electron chi connectivity index (χ2n) is 5.35. The zero-order valence-corrected chi connectivity index (χ0v) is 12.9. The van der Waals surface area contributed by atoms with Gasteiger partial charge in [0.05, 0.1) is 6.42 Å². The van der Waals surface area contributed by atoms with Crippen molar-refractivity contribution in [1.29, 1.82) is 0 Å². The third kappa shape index (κ3) is 3.60. The highest BCUT2D eigenvalue weighted by atomic mass is 16.7. The van der Waals surface area contributed by atoms with Crippen LogP contribution in [0.5, 0.6) is 11.5 Å². The van der Waals surface area contributed by atoms with Crippen molar-refractivity contribution in [1.82, 2.24) is 4.90 Å². The largest absolute Gasteiger partial charge is 0.481 e. The second-order valence-corrected chi connectivity index (χ2v) is 5.35. The van der Waals surface area contributed by atoms with Gasteiger partial charge in [0.25, 0.3) is 0 Å². The van der Waals surface area contributed by atoms with Crippen LogP contribution in [0.2, 0.25) is 0 Å². The number of carboxylic acid groups (broad SMARTS) is 1. The number of hydrogen-bond acceptors (Lipinski definition) is 4. The number of benzene rings is 1. The van der Waals surface area contributed by atoms with Crippen molar-refractivity contribution in [3.05, 3.63) is 18.2 Å². The SMILES string of the molecule is CCC1(C)Oc2ccc(NC(=O)N(C)CCC(=O)O)cc2O1. The summed E-state index contributed by atoms with van der Waals surface area (Å²) in [6, 6.07) is 4.77. The summed E-state index contributed by atoms with van der Waals surface area (Å²) in [5.41, 5.74) is 0.565. The summed E-state index contributed by atoms with van der Waals surface area (Å²) in [4.78, 5) is 23.8. The Morgan fingerprint density at radius 1 is 1.32 bits per heavy atom. The molecule has 0 aromatic heterocycles. The molecule has 2 rings (SSSR count). The van der Waals surface area contributed by atoms with E-state index in [9.17, 15) is 9.59 Å². The van der Waals surface area contributed by atoms with E-state index in [1.165, 1.54) is 4.90 Å². The first-order valence-corrected chi connectivity index (χ1v) is 7.09. The summed E-state index contributed by atoms with van der Waals surface area (Å²) < 4.78 is 11.4. The monoisotopic (exact) mass is 308 g/mol. The third-order valence-electron chi connectivity index (χ3n) is 3.50. The molecule has 0 bridgehead atoms. The Hall–Kier alpha value is -2.44. The molecule has 0 fully saturated rings. The van der Waals surface area contributed by atoms with E-state index >= 15 is 0 Å². The fraction of sp³-hybridized carbons (Fsp3) is 0.467. The van der Waals surface area contributed by atoms with Crippen LogP contribution in [-0.2, 0) is 4.79 Å². The first-order chi connectivity index (χ1) is 10.3. The molecule has 22 heavy (non-hydrogen) atoms. The van der Waals surface area contributed by atoms with E-state index in [0.717, 1.165) is 0 Å². The third-order valence-corrected chi connectivity index (χ3v) is 3.50. The summed E-state index contributed by atoms with van der Waals surface area (Å²) in [5, 5.41) is 11.3. The summed E-state index contributed by atoms with van der Waals surface area (Å²) in [7, 11) is 1.54. The maximum atomic E-state index is 12.0. The van der Waals surface area contributed by atoms with Gasteiger partial charge < -0.3 is 24.8 Å². The number of carbonyl (C=O) groups is 2. The van der Waals surface area contributed by atoms with Gasteiger partial charge in [-0.2, -0.15) is 0 Å². The van der Waals surface area contributed by atoms with E-state index in [-0.39, 0.29) is 19.0 Å². The van der Waals surface area contributed by atoms with E-state index in [4.69, 9.17) is 14.6 Å². The Kier molecular flexibility index (Phi) is 4.44. The molecule has 1 atom stereocenters. The molecule has 0 saturated carbocycles. The van der Waals surface area contributed by atoms with Crippen molar-refractivity contribution in [2.24, 2.45) is 0 Å². The molecule has 1 aromatic rings. The van der Waals surface area contributed by atoms with Crippen LogP contribution in [-0.4, -0.2) is 41.4 Å². The maximum Gasteiger partial charge on any atom is 0.321 e. The summed E-state index contributed by atoms with van der Waals surface area (Å²) in [5.74, 6) is -0.401. The molecule has 1 unspecified atom stereocenters. The topological polar surface area (TPSA) is 88.1 Å². The van der Waals surface area contributed by atoms with Crippen molar-refractivity contribution >= 4 is 17.7 Å². The van der Waals surface area contributed by atoms with Crippen LogP contribution in [0.3, 0.4) is 0 Å². The van der Waals surface area contributed by atoms with Crippen LogP contribution in [0.1, 0.15) is 26.7 Å². The number of anilines is 1. The number of nitrogens with zero attached hydrogens (tertiary/aromatic N) is 1. The van der Waals surface area contributed by atoms with Gasteiger partial charge in [-0.3, -0.25) is 4.79 Å². The first kappa shape index (κ1) is 15.9. The number of amides is 2. The van der Waals surface area contributed by atoms with Crippen LogP contribution >= 0.6 is 0 Å². The Labute approximate surface area is 128 Å². The molecule has 2 amide bonds. The van der Waals surface area contributed by atoms with Gasteiger partial charge in [0.15, 0.2) is 11.5 Å². The standard InChI is InChI=1S/C15H20N2O5/c1-4-15(2)21-11-6-5-10(9-12(11)22-15)16-14(20)17(3)8-7-13(18)19/h5-6,9H,4,7-8H2,1-3H3,(H,16,20)(H,18,19). The molecule has 0 aliphatic carbocycles. The van der Waals surface area contributed by atoms with Gasteiger partial charge in [-0.25, -0.2) is 4.79 Å². The van der Waals surface area contributed by atoms with Gasteiger partial charge >= 0.3 is 12.0 Å². The van der Waals surface area contributed by atoms with Crippen molar-refractivity contribution in [2.45, 2.75) is 32.5 Å². The maximum absolute atomic E-state index is 12.0. The molecular weight excluding hydrogens is 288 g/mol. The highest BCUT2D eigenvalue weighted by Crippen LogP contribution is 2.42. The van der Waals surface area contributed by atoms with E-state index in [1.807, 2.05) is 13.8 Å². The molecule has 7 nitrogen and oxygen atoms in total. The number of nitrogens with one attached hydrogen (secondary N) is 1. The van der Waals surface area contributed by atoms with Gasteiger partial charge in [0.2, 0.25) is 5.79 Å². The number of ether oxygens (including phenoxy) is 2. The molecule has 7 heteroatoms. The van der Waals surface area contributed by atoms with Gasteiger partial charge in [0, 0.05) is 38.7 Å². The first-order valence-electron chi connectivity index (χ1n) is 7.09. The molecule has 0 radical (unpaired) electrons. The molecule has 1 aliphatic rings. The van der Waals surface area contributed by atoms with Gasteiger partial charge in [0.1, 0.15) is 0 Å². The number of carboxylic acids is 1. The van der Waals surface area contributed by atoms with Gasteiger partial charge in [-0.15, -0.1) is 0 Å². The van der Waals surface area contributed by atoms with Crippen molar-refractivity contribution in [3.8, 4) is 11.5 Å². The number of carbonyl (C=O) groups excluding carboxylic acids is 1. The van der Waals surface area contributed by atoms with Crippen molar-refractivity contribution in [3.63, 3.8) is 0 Å². The summed E-state index contributed by atoms with van der Waals surface area (Å²) >= 11 is 0. The van der Waals surface area contributed by atoms with E-state index in [0.29, 0.717) is 23.6 Å². The van der Waals surface area contributed by atoms with E-state index < -0.39 is 11.8 Å². The molecule has 2 N–H and O–H groups in total. The molecular formula is C15H20N2O5. The van der Waals surface area contributed by atoms with Crippen molar-refractivity contribution < 1.29 is 24.2 Å². The lowest BCUT2D eigenvalue weighted by atomic mass is 10.2. The molecule has 0 spiro atoms. The predicted molar refractivity (Wildman–Crippen MR) is 80.3 cm³/mol. The number of rotatable bonds is 5. The van der Waals surface area contributed by atoms with E-state index in [1.54, 1.807) is 25.2 Å². The lowest BCUT2D eigenvalue weighted by molar-refractivity contribution is -0.137. The predicted octanol–water partition coefficient (Wildman–Crippen LogP) is 2.52. The van der Waals surface area contributed by atoms with E-state index in [2.05, 4.69) is 5.32 Å². The van der Waals surface area contributed by atoms with Gasteiger partial charge in [-0.1, -0.05) is 6.92 Å². The summed E-state index contributed by atoms with van der Waals surface area (Å²) in [6.07, 6.45) is 0.598. The fourth-order valence-electron chi connectivity index (χ4n) is 1.96. The van der Waals surface area contributed by atoms with Crippen LogP contribution < -0.4 is 14.8 Å². The Balaban J connectivity index is 1.99. The Morgan fingerprint density at radius 3 is 2.64 bits per heavy atom. The average Bonchev–Trinajstić information content (AvgIpc) is 2.81. The normalized spacial score (nSPS) is 18.9. The molecule has 120 valence electrons. The molecule has 1 aliphatic heterocycles. The molecule has 1 heterocycles. The lowest BCUT2D eigenvalue weighted by Crippen LogP contribution is -2.33. The van der Waals surface area contributed by atoms with Crippen LogP contribution in [0, 0.1) is 0 Å². The quantitative estimate of drug-likeness (QED) is 0.872. The highest BCUT2D eigenvalue weighted by Gasteiger charge is 2.35. The minimum atomic E-state index is -0.943. The van der Waals surface area contributed by atoms with Gasteiger partial charge in [-0.05, 0) is 12.1 Å². The lowest BCUT2D eigenvalue weighted by Gasteiger charge is -2.20. The number of urea groups is 1. The van der Waals surface area contributed by atoms with Crippen LogP contribution in [0.25, 0.3) is 0 Å². The number of aliphatic carboxylic acids is 1. The Morgan fingerprint density at radius 2 is 2.00 bits per heavy atom.